The lowest BCUT2D eigenvalue weighted by Crippen LogP contribution is -2.36. The molecule has 0 unspecified atom stereocenters. The van der Waals surface area contributed by atoms with Gasteiger partial charge in [-0.05, 0) is 68.8 Å². The molecule has 0 radical (unpaired) electrons. The summed E-state index contributed by atoms with van der Waals surface area (Å²) < 4.78 is 2.03. The molecular formula is C23H25N5O2S. The van der Waals surface area contributed by atoms with Crippen LogP contribution in [-0.4, -0.2) is 62.7 Å². The number of aromatic nitrogens is 2. The average Bonchev–Trinajstić information content (AvgIpc) is 3.37. The second kappa shape index (κ2) is 8.87. The zero-order valence-electron chi connectivity index (χ0n) is 17.5. The van der Waals surface area contributed by atoms with Crippen molar-refractivity contribution < 1.29 is 9.90 Å². The predicted molar refractivity (Wildman–Crippen MR) is 123 cm³/mol. The van der Waals surface area contributed by atoms with Crippen LogP contribution >= 0.6 is 12.2 Å². The topological polar surface area (TPSA) is 73.6 Å². The molecule has 0 aliphatic carbocycles. The molecule has 0 amide bonds. The highest BCUT2D eigenvalue weighted by Crippen LogP contribution is 2.39. The highest BCUT2D eigenvalue weighted by atomic mass is 32.1. The van der Waals surface area contributed by atoms with E-state index in [0.717, 1.165) is 30.2 Å². The summed E-state index contributed by atoms with van der Waals surface area (Å²) in [5.41, 5.74) is 2.98. The zero-order valence-corrected chi connectivity index (χ0v) is 18.3. The largest absolute Gasteiger partial charge is 0.478 e. The SMILES string of the molecule is CN(C)CCN1C(=S)N[C@@H](c2ccccn2)[C@H]1c1cccn1-c1cccc(C(=O)O)c1. The molecule has 1 aliphatic rings. The Labute approximate surface area is 186 Å². The van der Waals surface area contributed by atoms with Gasteiger partial charge in [-0.15, -0.1) is 0 Å². The number of nitrogens with zero attached hydrogens (tertiary/aromatic N) is 4. The molecule has 1 saturated heterocycles. The summed E-state index contributed by atoms with van der Waals surface area (Å²) in [6.45, 7) is 1.61. The van der Waals surface area contributed by atoms with Crippen LogP contribution in [0, 0.1) is 0 Å². The molecule has 0 spiro atoms. The van der Waals surface area contributed by atoms with E-state index >= 15 is 0 Å². The Morgan fingerprint density at radius 2 is 2.03 bits per heavy atom. The van der Waals surface area contributed by atoms with E-state index in [4.69, 9.17) is 12.2 Å². The summed E-state index contributed by atoms with van der Waals surface area (Å²) in [4.78, 5) is 20.4. The van der Waals surface area contributed by atoms with E-state index in [-0.39, 0.29) is 17.6 Å². The van der Waals surface area contributed by atoms with Crippen molar-refractivity contribution in [3.05, 3.63) is 83.9 Å². The van der Waals surface area contributed by atoms with E-state index in [9.17, 15) is 9.90 Å². The summed E-state index contributed by atoms with van der Waals surface area (Å²) >= 11 is 5.72. The van der Waals surface area contributed by atoms with Crippen LogP contribution in [-0.2, 0) is 0 Å². The Morgan fingerprint density at radius 3 is 2.74 bits per heavy atom. The fraction of sp³-hybridized carbons (Fsp3) is 0.261. The molecule has 1 aliphatic heterocycles. The Balaban J connectivity index is 1.79. The monoisotopic (exact) mass is 435 g/mol. The van der Waals surface area contributed by atoms with E-state index in [0.29, 0.717) is 5.11 Å². The smallest absolute Gasteiger partial charge is 0.335 e. The molecule has 2 atom stereocenters. The van der Waals surface area contributed by atoms with Crippen LogP contribution in [0.4, 0.5) is 0 Å². The molecule has 0 saturated carbocycles. The lowest BCUT2D eigenvalue weighted by Gasteiger charge is -2.29. The highest BCUT2D eigenvalue weighted by Gasteiger charge is 2.41. The summed E-state index contributed by atoms with van der Waals surface area (Å²) in [6, 6.07) is 16.7. The summed E-state index contributed by atoms with van der Waals surface area (Å²) in [5, 5.41) is 13.6. The first-order valence-electron chi connectivity index (χ1n) is 10.1. The van der Waals surface area contributed by atoms with Gasteiger partial charge in [-0.25, -0.2) is 4.79 Å². The number of rotatable bonds is 7. The normalized spacial score (nSPS) is 18.4. The van der Waals surface area contributed by atoms with Crippen LogP contribution in [0.3, 0.4) is 0 Å². The van der Waals surface area contributed by atoms with Crippen molar-refractivity contribution in [3.63, 3.8) is 0 Å². The number of hydrogen-bond donors (Lipinski definition) is 2. The number of aromatic carboxylic acids is 1. The minimum atomic E-state index is -0.946. The van der Waals surface area contributed by atoms with Crippen LogP contribution in [0.25, 0.3) is 5.69 Å². The Hall–Kier alpha value is -3.23. The minimum Gasteiger partial charge on any atom is -0.478 e. The molecule has 2 N–H and O–H groups in total. The molecule has 3 heterocycles. The van der Waals surface area contributed by atoms with Crippen molar-refractivity contribution in [3.8, 4) is 5.69 Å². The molecule has 8 heteroatoms. The number of hydrogen-bond acceptors (Lipinski definition) is 4. The maximum absolute atomic E-state index is 11.5. The fourth-order valence-corrected chi connectivity index (χ4v) is 4.27. The maximum Gasteiger partial charge on any atom is 0.335 e. The van der Waals surface area contributed by atoms with Gasteiger partial charge in [-0.3, -0.25) is 4.98 Å². The van der Waals surface area contributed by atoms with Crippen molar-refractivity contribution in [2.75, 3.05) is 27.2 Å². The molecule has 1 aromatic carbocycles. The summed E-state index contributed by atoms with van der Waals surface area (Å²) in [5.74, 6) is -0.946. The number of nitrogens with one attached hydrogen (secondary N) is 1. The number of likely N-dealkylation sites (N-methyl/N-ethyl adjacent to an activating group) is 1. The second-order valence-electron chi connectivity index (χ2n) is 7.78. The van der Waals surface area contributed by atoms with Crippen LogP contribution in [0.5, 0.6) is 0 Å². The number of thiocarbonyl (C=S) groups is 1. The average molecular weight is 436 g/mol. The standard InChI is InChI=1S/C23H25N5O2S/c1-26(2)13-14-28-21(20(25-23(28)31)18-9-3-4-11-24-18)19-10-6-12-27(19)17-8-5-7-16(15-17)22(29)30/h3-12,15,20-21H,13-14H2,1-2H3,(H,25,31)(H,29,30)/t20-,21+/m0/s1. The van der Waals surface area contributed by atoms with Gasteiger partial charge in [0.2, 0.25) is 0 Å². The van der Waals surface area contributed by atoms with E-state index in [1.807, 2.05) is 55.2 Å². The van der Waals surface area contributed by atoms with E-state index in [1.165, 1.54) is 0 Å². The first kappa shape index (κ1) is 21.0. The number of carboxylic acid groups (broad SMARTS) is 1. The summed E-state index contributed by atoms with van der Waals surface area (Å²) in [6.07, 6.45) is 3.74. The highest BCUT2D eigenvalue weighted by molar-refractivity contribution is 7.80. The van der Waals surface area contributed by atoms with Crippen LogP contribution in [0.2, 0.25) is 0 Å². The lowest BCUT2D eigenvalue weighted by atomic mass is 10.0. The van der Waals surface area contributed by atoms with Crippen LogP contribution in [0.15, 0.2) is 67.0 Å². The van der Waals surface area contributed by atoms with Crippen molar-refractivity contribution in [2.45, 2.75) is 12.1 Å². The Kier molecular flexibility index (Phi) is 6.01. The van der Waals surface area contributed by atoms with Crippen LogP contribution in [0.1, 0.15) is 33.8 Å². The van der Waals surface area contributed by atoms with Gasteiger partial charge in [-0.1, -0.05) is 12.1 Å². The zero-order chi connectivity index (χ0) is 22.0. The van der Waals surface area contributed by atoms with Crippen LogP contribution < -0.4 is 5.32 Å². The van der Waals surface area contributed by atoms with Crippen molar-refractivity contribution in [1.82, 2.24) is 24.7 Å². The number of carboxylic acids is 1. The molecule has 2 aromatic heterocycles. The third-order valence-electron chi connectivity index (χ3n) is 5.44. The number of benzene rings is 1. The number of carbonyl (C=O) groups is 1. The third kappa shape index (κ3) is 4.30. The Morgan fingerprint density at radius 1 is 1.19 bits per heavy atom. The molecule has 4 rings (SSSR count). The van der Waals surface area contributed by atoms with Gasteiger partial charge in [-0.2, -0.15) is 0 Å². The molecule has 0 bridgehead atoms. The van der Waals surface area contributed by atoms with Gasteiger partial charge in [0, 0.05) is 36.9 Å². The van der Waals surface area contributed by atoms with Gasteiger partial charge in [0.1, 0.15) is 0 Å². The van der Waals surface area contributed by atoms with Gasteiger partial charge in [0.25, 0.3) is 0 Å². The van der Waals surface area contributed by atoms with Gasteiger partial charge < -0.3 is 24.8 Å². The molecule has 31 heavy (non-hydrogen) atoms. The molecular weight excluding hydrogens is 410 g/mol. The molecule has 160 valence electrons. The fourth-order valence-electron chi connectivity index (χ4n) is 3.93. The van der Waals surface area contributed by atoms with Gasteiger partial charge in [0.15, 0.2) is 5.11 Å². The second-order valence-corrected chi connectivity index (χ2v) is 8.17. The van der Waals surface area contributed by atoms with E-state index in [2.05, 4.69) is 26.2 Å². The molecule has 1 fully saturated rings. The minimum absolute atomic E-state index is 0.0918. The predicted octanol–water partition coefficient (Wildman–Crippen LogP) is 3.10. The first-order valence-corrected chi connectivity index (χ1v) is 10.5. The third-order valence-corrected chi connectivity index (χ3v) is 5.79. The Bertz CT molecular complexity index is 1080. The van der Waals surface area contributed by atoms with Gasteiger partial charge >= 0.3 is 5.97 Å². The van der Waals surface area contributed by atoms with E-state index < -0.39 is 5.97 Å². The van der Waals surface area contributed by atoms with Crippen molar-refractivity contribution >= 4 is 23.3 Å². The van der Waals surface area contributed by atoms with Gasteiger partial charge in [0.05, 0.1) is 23.3 Å². The maximum atomic E-state index is 11.5. The summed E-state index contributed by atoms with van der Waals surface area (Å²) in [7, 11) is 4.08. The molecule has 7 nitrogen and oxygen atoms in total. The van der Waals surface area contributed by atoms with Crippen molar-refractivity contribution in [2.24, 2.45) is 0 Å². The van der Waals surface area contributed by atoms with E-state index in [1.54, 1.807) is 24.4 Å². The lowest BCUT2D eigenvalue weighted by molar-refractivity contribution is 0.0697. The molecule has 3 aromatic rings. The first-order chi connectivity index (χ1) is 15.0. The number of pyridine rings is 1. The quantitative estimate of drug-likeness (QED) is 0.553. The van der Waals surface area contributed by atoms with Crippen molar-refractivity contribution in [1.29, 1.82) is 0 Å².